The Bertz CT molecular complexity index is 1300. The number of amides is 1. The van der Waals surface area contributed by atoms with Crippen molar-refractivity contribution in [2.45, 2.75) is 32.5 Å². The molecular weight excluding hydrogens is 472 g/mol. The van der Waals surface area contributed by atoms with Crippen molar-refractivity contribution in [3.63, 3.8) is 0 Å². The number of hydrogen-bond donors (Lipinski definition) is 1. The van der Waals surface area contributed by atoms with Gasteiger partial charge in [-0.2, -0.15) is 5.10 Å². The fourth-order valence-electron chi connectivity index (χ4n) is 3.34. The highest BCUT2D eigenvalue weighted by Crippen LogP contribution is 2.24. The monoisotopic (exact) mass is 496 g/mol. The van der Waals surface area contributed by atoms with Crippen molar-refractivity contribution >= 4 is 35.0 Å². The van der Waals surface area contributed by atoms with Gasteiger partial charge >= 0.3 is 0 Å². The molecule has 0 saturated heterocycles. The molecule has 2 heterocycles. The van der Waals surface area contributed by atoms with Crippen LogP contribution in [0.25, 0.3) is 5.69 Å². The van der Waals surface area contributed by atoms with Crippen molar-refractivity contribution in [1.29, 1.82) is 0 Å². The highest BCUT2D eigenvalue weighted by atomic mass is 35.5. The summed E-state index contributed by atoms with van der Waals surface area (Å²) < 4.78 is 9.40. The summed E-state index contributed by atoms with van der Waals surface area (Å²) in [6, 6.07) is 15.2. The molecule has 0 aliphatic heterocycles. The second-order valence-corrected chi connectivity index (χ2v) is 9.21. The van der Waals surface area contributed by atoms with Gasteiger partial charge < -0.3 is 14.6 Å². The van der Waals surface area contributed by atoms with Gasteiger partial charge in [-0.3, -0.25) is 4.79 Å². The van der Waals surface area contributed by atoms with E-state index >= 15 is 0 Å². The molecule has 2 aromatic carbocycles. The average Bonchev–Trinajstić information content (AvgIpc) is 3.31. The normalized spacial score (nSPS) is 11.0. The molecule has 34 heavy (non-hydrogen) atoms. The minimum absolute atomic E-state index is 0.137. The first-order valence-corrected chi connectivity index (χ1v) is 12.0. The Kier molecular flexibility index (Phi) is 7.23. The molecule has 0 atom stereocenters. The third kappa shape index (κ3) is 5.43. The van der Waals surface area contributed by atoms with Crippen LogP contribution in [0.1, 0.15) is 22.8 Å². The van der Waals surface area contributed by atoms with Crippen LogP contribution in [0.2, 0.25) is 5.02 Å². The summed E-state index contributed by atoms with van der Waals surface area (Å²) in [6.07, 6.45) is 0. The van der Waals surface area contributed by atoms with E-state index in [9.17, 15) is 4.79 Å². The summed E-state index contributed by atoms with van der Waals surface area (Å²) >= 11 is 7.21. The van der Waals surface area contributed by atoms with Crippen LogP contribution in [0.5, 0.6) is 5.75 Å². The lowest BCUT2D eigenvalue weighted by molar-refractivity contribution is -0.113. The van der Waals surface area contributed by atoms with Crippen LogP contribution in [-0.2, 0) is 18.4 Å². The summed E-state index contributed by atoms with van der Waals surface area (Å²) in [5.41, 5.74) is 4.49. The molecule has 4 aromatic rings. The molecule has 0 bridgehead atoms. The number of carbonyl (C=O) groups excluding carboxylic acids is 1. The molecule has 1 N–H and O–H groups in total. The molecule has 176 valence electrons. The Morgan fingerprint density at radius 1 is 1.06 bits per heavy atom. The summed E-state index contributed by atoms with van der Waals surface area (Å²) in [4.78, 5) is 12.7. The molecule has 1 amide bonds. The fraction of sp³-hybridized carbons (Fsp3) is 0.250. The predicted octanol–water partition coefficient (Wildman–Crippen LogP) is 4.89. The largest absolute Gasteiger partial charge is 0.486 e. The number of aryl methyl sites for hydroxylation is 2. The van der Waals surface area contributed by atoms with Crippen molar-refractivity contribution in [2.24, 2.45) is 7.05 Å². The highest BCUT2D eigenvalue weighted by Gasteiger charge is 2.17. The van der Waals surface area contributed by atoms with Gasteiger partial charge in [0.25, 0.3) is 0 Å². The molecule has 10 heteroatoms. The second-order valence-electron chi connectivity index (χ2n) is 7.83. The van der Waals surface area contributed by atoms with Crippen LogP contribution in [0.15, 0.2) is 53.7 Å². The van der Waals surface area contributed by atoms with E-state index in [0.29, 0.717) is 21.8 Å². The molecule has 0 spiro atoms. The van der Waals surface area contributed by atoms with Gasteiger partial charge in [-0.1, -0.05) is 41.1 Å². The molecule has 0 saturated carbocycles. The predicted molar refractivity (Wildman–Crippen MR) is 134 cm³/mol. The molecule has 4 rings (SSSR count). The van der Waals surface area contributed by atoms with Crippen molar-refractivity contribution in [1.82, 2.24) is 24.5 Å². The summed E-state index contributed by atoms with van der Waals surface area (Å²) in [5, 5.41) is 17.2. The zero-order valence-corrected chi connectivity index (χ0v) is 20.9. The number of aromatic nitrogens is 5. The topological polar surface area (TPSA) is 86.9 Å². The first-order chi connectivity index (χ1) is 16.3. The third-order valence-electron chi connectivity index (χ3n) is 5.27. The van der Waals surface area contributed by atoms with E-state index in [4.69, 9.17) is 16.3 Å². The van der Waals surface area contributed by atoms with Crippen LogP contribution in [0.3, 0.4) is 0 Å². The van der Waals surface area contributed by atoms with E-state index < -0.39 is 0 Å². The summed E-state index contributed by atoms with van der Waals surface area (Å²) in [6.45, 7) is 6.13. The lowest BCUT2D eigenvalue weighted by Gasteiger charge is -2.08. The molecule has 0 unspecified atom stereocenters. The van der Waals surface area contributed by atoms with Gasteiger partial charge in [0, 0.05) is 12.1 Å². The molecule has 2 aromatic heterocycles. The summed E-state index contributed by atoms with van der Waals surface area (Å²) in [5.74, 6) is 1.40. The minimum atomic E-state index is -0.137. The first kappa shape index (κ1) is 23.8. The SMILES string of the molecule is Cc1ccc(-n2nc(C)c(NC(=O)CSc3nnc(COc4ccc(Cl)cc4)n3C)c2C)cc1. The number of thioether (sulfide) groups is 1. The fourth-order valence-corrected chi connectivity index (χ4v) is 4.20. The van der Waals surface area contributed by atoms with Gasteiger partial charge in [0.2, 0.25) is 5.91 Å². The van der Waals surface area contributed by atoms with Crippen LogP contribution in [0, 0.1) is 20.8 Å². The van der Waals surface area contributed by atoms with Crippen molar-refractivity contribution < 1.29 is 9.53 Å². The van der Waals surface area contributed by atoms with Crippen molar-refractivity contribution in [2.75, 3.05) is 11.1 Å². The quantitative estimate of drug-likeness (QED) is 0.349. The highest BCUT2D eigenvalue weighted by molar-refractivity contribution is 7.99. The number of hydrogen-bond acceptors (Lipinski definition) is 6. The van der Waals surface area contributed by atoms with Crippen LogP contribution in [0.4, 0.5) is 5.69 Å². The maximum atomic E-state index is 12.7. The Balaban J connectivity index is 1.35. The maximum absolute atomic E-state index is 12.7. The number of anilines is 1. The Labute approximate surface area is 207 Å². The number of carbonyl (C=O) groups is 1. The van der Waals surface area contributed by atoms with E-state index in [2.05, 4.69) is 20.6 Å². The summed E-state index contributed by atoms with van der Waals surface area (Å²) in [7, 11) is 1.85. The molecular formula is C24H25ClN6O2S. The van der Waals surface area contributed by atoms with Crippen molar-refractivity contribution in [3.8, 4) is 11.4 Å². The van der Waals surface area contributed by atoms with Gasteiger partial charge in [0.05, 0.1) is 28.5 Å². The van der Waals surface area contributed by atoms with Gasteiger partial charge in [-0.25, -0.2) is 4.68 Å². The average molecular weight is 497 g/mol. The third-order valence-corrected chi connectivity index (χ3v) is 6.55. The standard InChI is InChI=1S/C24H25ClN6O2S/c1-15-5-9-19(10-6-15)31-17(3)23(16(2)29-31)26-22(32)14-34-24-28-27-21(30(24)4)13-33-20-11-7-18(25)8-12-20/h5-12H,13-14H2,1-4H3,(H,26,32). The zero-order chi connectivity index (χ0) is 24.2. The Hall–Kier alpha value is -3.30. The van der Waals surface area contributed by atoms with Crippen molar-refractivity contribution in [3.05, 3.63) is 76.3 Å². The lowest BCUT2D eigenvalue weighted by Crippen LogP contribution is -2.15. The molecule has 8 nitrogen and oxygen atoms in total. The van der Waals surface area contributed by atoms with Crippen LogP contribution >= 0.6 is 23.4 Å². The Morgan fingerprint density at radius 3 is 2.47 bits per heavy atom. The van der Waals surface area contributed by atoms with Gasteiger partial charge in [-0.05, 0) is 57.2 Å². The Morgan fingerprint density at radius 2 is 1.76 bits per heavy atom. The number of nitrogens with one attached hydrogen (secondary N) is 1. The number of rotatable bonds is 8. The molecule has 0 aliphatic rings. The molecule has 0 radical (unpaired) electrons. The maximum Gasteiger partial charge on any atom is 0.234 e. The van der Waals surface area contributed by atoms with Crippen LogP contribution < -0.4 is 10.1 Å². The van der Waals surface area contributed by atoms with E-state index in [1.165, 1.54) is 17.3 Å². The second kappa shape index (κ2) is 10.3. The number of ether oxygens (including phenoxy) is 1. The minimum Gasteiger partial charge on any atom is -0.486 e. The smallest absolute Gasteiger partial charge is 0.234 e. The number of nitrogens with zero attached hydrogens (tertiary/aromatic N) is 5. The number of benzene rings is 2. The molecule has 0 aliphatic carbocycles. The van der Waals surface area contributed by atoms with E-state index in [1.54, 1.807) is 24.3 Å². The van der Waals surface area contributed by atoms with Crippen LogP contribution in [-0.4, -0.2) is 36.2 Å². The van der Waals surface area contributed by atoms with E-state index in [-0.39, 0.29) is 18.3 Å². The first-order valence-electron chi connectivity index (χ1n) is 10.6. The van der Waals surface area contributed by atoms with Gasteiger partial charge in [-0.15, -0.1) is 10.2 Å². The molecule has 0 fully saturated rings. The zero-order valence-electron chi connectivity index (χ0n) is 19.4. The number of halogens is 1. The van der Waals surface area contributed by atoms with Gasteiger partial charge in [0.15, 0.2) is 11.0 Å². The van der Waals surface area contributed by atoms with E-state index in [1.807, 2.05) is 61.3 Å². The van der Waals surface area contributed by atoms with E-state index in [0.717, 1.165) is 22.8 Å². The lowest BCUT2D eigenvalue weighted by atomic mass is 10.2. The van der Waals surface area contributed by atoms with Gasteiger partial charge in [0.1, 0.15) is 12.4 Å².